The molecule has 0 saturated carbocycles. The van der Waals surface area contributed by atoms with Crippen LogP contribution in [0.25, 0.3) is 0 Å². The van der Waals surface area contributed by atoms with Gasteiger partial charge < -0.3 is 15.2 Å². The number of carboxylic acid groups (broad SMARTS) is 1. The Balaban J connectivity index is 2.61. The lowest BCUT2D eigenvalue weighted by Crippen LogP contribution is -2.45. The molecule has 2 N–H and O–H groups in total. The Morgan fingerprint density at radius 1 is 1.36 bits per heavy atom. The lowest BCUT2D eigenvalue weighted by Gasteiger charge is -2.16. The maximum absolute atomic E-state index is 13.3. The second kappa shape index (κ2) is 7.10. The Morgan fingerprint density at radius 3 is 2.55 bits per heavy atom. The molecule has 0 spiro atoms. The van der Waals surface area contributed by atoms with Crippen LogP contribution in [-0.2, 0) is 9.59 Å². The van der Waals surface area contributed by atoms with Crippen LogP contribution in [0.15, 0.2) is 18.2 Å². The van der Waals surface area contributed by atoms with Gasteiger partial charge in [0.1, 0.15) is 6.04 Å². The van der Waals surface area contributed by atoms with Crippen molar-refractivity contribution in [1.29, 1.82) is 0 Å². The summed E-state index contributed by atoms with van der Waals surface area (Å²) in [6.45, 7) is 0.845. The number of alkyl halides is 3. The van der Waals surface area contributed by atoms with Gasteiger partial charge in [0.15, 0.2) is 18.2 Å². The predicted molar refractivity (Wildman–Crippen MR) is 66.9 cm³/mol. The molecule has 0 aliphatic carbocycles. The van der Waals surface area contributed by atoms with Crippen LogP contribution in [0.4, 0.5) is 17.6 Å². The summed E-state index contributed by atoms with van der Waals surface area (Å²) in [5.41, 5.74) is 0.650. The first-order valence-corrected chi connectivity index (χ1v) is 6.06. The van der Waals surface area contributed by atoms with Gasteiger partial charge in [-0.25, -0.2) is 9.18 Å². The van der Waals surface area contributed by atoms with Gasteiger partial charge in [-0.3, -0.25) is 4.79 Å². The molecule has 1 aromatic carbocycles. The van der Waals surface area contributed by atoms with Gasteiger partial charge >= 0.3 is 12.1 Å². The van der Waals surface area contributed by atoms with E-state index < -0.39 is 42.9 Å². The zero-order valence-electron chi connectivity index (χ0n) is 11.4. The van der Waals surface area contributed by atoms with Crippen molar-refractivity contribution in [2.45, 2.75) is 25.6 Å². The number of aryl methyl sites for hydroxylation is 1. The number of nitrogens with one attached hydrogen (secondary N) is 1. The van der Waals surface area contributed by atoms with E-state index in [0.29, 0.717) is 5.56 Å². The van der Waals surface area contributed by atoms with Crippen molar-refractivity contribution < 1.29 is 37.0 Å². The molecule has 0 aromatic heterocycles. The van der Waals surface area contributed by atoms with Crippen LogP contribution in [0.5, 0.6) is 5.75 Å². The van der Waals surface area contributed by atoms with Crippen molar-refractivity contribution in [3.63, 3.8) is 0 Å². The molecule has 0 bridgehead atoms. The summed E-state index contributed by atoms with van der Waals surface area (Å²) in [4.78, 5) is 22.1. The molecular weight excluding hydrogens is 310 g/mol. The molecule has 1 atom stereocenters. The van der Waals surface area contributed by atoms with Gasteiger partial charge in [-0.2, -0.15) is 13.2 Å². The van der Waals surface area contributed by atoms with Gasteiger partial charge in [-0.1, -0.05) is 6.07 Å². The molecule has 1 aromatic rings. The third-order valence-corrected chi connectivity index (χ3v) is 2.51. The lowest BCUT2D eigenvalue weighted by molar-refractivity contribution is -0.160. The first-order valence-electron chi connectivity index (χ1n) is 6.06. The van der Waals surface area contributed by atoms with Crippen LogP contribution >= 0.6 is 0 Å². The number of rotatable bonds is 6. The van der Waals surface area contributed by atoms with E-state index in [-0.39, 0.29) is 5.75 Å². The van der Waals surface area contributed by atoms with Gasteiger partial charge in [0.25, 0.3) is 5.91 Å². The van der Waals surface area contributed by atoms with E-state index in [1.807, 2.05) is 0 Å². The molecule has 0 fully saturated rings. The van der Waals surface area contributed by atoms with Crippen molar-refractivity contribution in [1.82, 2.24) is 5.32 Å². The van der Waals surface area contributed by atoms with Crippen LogP contribution < -0.4 is 10.1 Å². The normalized spacial score (nSPS) is 12.6. The molecule has 5 nitrogen and oxygen atoms in total. The average Bonchev–Trinajstić information content (AvgIpc) is 2.37. The van der Waals surface area contributed by atoms with E-state index in [4.69, 9.17) is 9.84 Å². The van der Waals surface area contributed by atoms with Crippen LogP contribution in [0.2, 0.25) is 0 Å². The first kappa shape index (κ1) is 17.7. The summed E-state index contributed by atoms with van der Waals surface area (Å²) < 4.78 is 54.7. The Morgan fingerprint density at radius 2 is 2.00 bits per heavy atom. The highest BCUT2D eigenvalue weighted by Gasteiger charge is 2.36. The van der Waals surface area contributed by atoms with E-state index in [0.717, 1.165) is 6.07 Å². The topological polar surface area (TPSA) is 75.6 Å². The Kier molecular flexibility index (Phi) is 5.72. The highest BCUT2D eigenvalue weighted by molar-refractivity contribution is 5.84. The summed E-state index contributed by atoms with van der Waals surface area (Å²) in [5.74, 6) is -3.92. The molecule has 0 aliphatic rings. The zero-order valence-corrected chi connectivity index (χ0v) is 11.4. The van der Waals surface area contributed by atoms with Crippen LogP contribution in [0.1, 0.15) is 12.0 Å². The maximum Gasteiger partial charge on any atom is 0.391 e. The summed E-state index contributed by atoms with van der Waals surface area (Å²) in [6, 6.07) is 1.74. The Bertz CT molecular complexity index is 559. The molecule has 1 unspecified atom stereocenters. The van der Waals surface area contributed by atoms with Gasteiger partial charge in [-0.05, 0) is 24.6 Å². The van der Waals surface area contributed by atoms with Crippen molar-refractivity contribution in [3.05, 3.63) is 29.6 Å². The van der Waals surface area contributed by atoms with E-state index in [2.05, 4.69) is 0 Å². The van der Waals surface area contributed by atoms with Crippen LogP contribution in [-0.4, -0.2) is 35.8 Å². The number of carbonyl (C=O) groups excluding carboxylic acids is 1. The summed E-state index contributed by atoms with van der Waals surface area (Å²) in [5, 5.41) is 10.3. The van der Waals surface area contributed by atoms with Crippen molar-refractivity contribution in [2.24, 2.45) is 0 Å². The van der Waals surface area contributed by atoms with Crippen LogP contribution in [0, 0.1) is 12.7 Å². The third kappa shape index (κ3) is 5.98. The minimum Gasteiger partial charge on any atom is -0.481 e. The monoisotopic (exact) mass is 323 g/mol. The molecule has 0 saturated heterocycles. The minimum atomic E-state index is -4.75. The number of ether oxygens (including phenoxy) is 1. The number of amides is 1. The lowest BCUT2D eigenvalue weighted by atomic mass is 10.2. The fourth-order valence-corrected chi connectivity index (χ4v) is 1.53. The van der Waals surface area contributed by atoms with E-state index in [1.165, 1.54) is 12.1 Å². The number of hydrogen-bond donors (Lipinski definition) is 2. The van der Waals surface area contributed by atoms with Crippen molar-refractivity contribution >= 4 is 11.9 Å². The maximum atomic E-state index is 13.3. The largest absolute Gasteiger partial charge is 0.481 e. The Hall–Kier alpha value is -2.32. The smallest absolute Gasteiger partial charge is 0.391 e. The second-order valence-electron chi connectivity index (χ2n) is 4.50. The van der Waals surface area contributed by atoms with Gasteiger partial charge in [0.05, 0.1) is 6.42 Å². The minimum absolute atomic E-state index is 0.252. The zero-order chi connectivity index (χ0) is 16.9. The summed E-state index contributed by atoms with van der Waals surface area (Å²) in [7, 11) is 0. The molecule has 0 radical (unpaired) electrons. The average molecular weight is 323 g/mol. The summed E-state index contributed by atoms with van der Waals surface area (Å²) >= 11 is 0. The number of halogens is 4. The summed E-state index contributed by atoms with van der Waals surface area (Å²) in [6.07, 6.45) is -6.47. The van der Waals surface area contributed by atoms with E-state index in [1.54, 1.807) is 12.2 Å². The highest BCUT2D eigenvalue weighted by Crippen LogP contribution is 2.22. The molecule has 1 amide bonds. The number of hydrogen-bond acceptors (Lipinski definition) is 3. The molecule has 122 valence electrons. The van der Waals surface area contributed by atoms with Crippen molar-refractivity contribution in [2.75, 3.05) is 6.61 Å². The number of benzene rings is 1. The van der Waals surface area contributed by atoms with Crippen LogP contribution in [0.3, 0.4) is 0 Å². The molecule has 9 heteroatoms. The highest BCUT2D eigenvalue weighted by atomic mass is 19.4. The standard InChI is InChI=1S/C13H13F4NO4/c1-7-2-3-8(14)10(4-7)22-6-11(19)18-9(12(20)21)5-13(15,16)17/h2-4,9H,5-6H2,1H3,(H,18,19)(H,20,21). The fraction of sp³-hybridized carbons (Fsp3) is 0.385. The van der Waals surface area contributed by atoms with E-state index >= 15 is 0 Å². The van der Waals surface area contributed by atoms with Gasteiger partial charge in [0, 0.05) is 0 Å². The number of carboxylic acids is 1. The Labute approximate surface area is 122 Å². The first-order chi connectivity index (χ1) is 10.1. The number of aliphatic carboxylic acids is 1. The number of carbonyl (C=O) groups is 2. The van der Waals surface area contributed by atoms with E-state index in [9.17, 15) is 27.2 Å². The second-order valence-corrected chi connectivity index (χ2v) is 4.50. The molecular formula is C13H13F4NO4. The molecule has 22 heavy (non-hydrogen) atoms. The van der Waals surface area contributed by atoms with Crippen molar-refractivity contribution in [3.8, 4) is 5.75 Å². The fourth-order valence-electron chi connectivity index (χ4n) is 1.53. The van der Waals surface area contributed by atoms with Gasteiger partial charge in [-0.15, -0.1) is 0 Å². The molecule has 1 rings (SSSR count). The molecule has 0 aliphatic heterocycles. The van der Waals surface area contributed by atoms with Gasteiger partial charge in [0.2, 0.25) is 0 Å². The SMILES string of the molecule is Cc1ccc(F)c(OCC(=O)NC(CC(F)(F)F)C(=O)O)c1. The predicted octanol–water partition coefficient (Wildman–Crippen LogP) is 2.03. The quantitative estimate of drug-likeness (QED) is 0.786. The molecule has 0 heterocycles. The third-order valence-electron chi connectivity index (χ3n) is 2.51.